The average molecular weight is 285 g/mol. The number of benzene rings is 2. The van der Waals surface area contributed by atoms with Gasteiger partial charge in [0.15, 0.2) is 0 Å². The molecule has 0 atom stereocenters. The van der Waals surface area contributed by atoms with Gasteiger partial charge in [-0.2, -0.15) is 0 Å². The molecule has 0 aliphatic heterocycles. The molecule has 4 nitrogen and oxygen atoms in total. The predicted octanol–water partition coefficient (Wildman–Crippen LogP) is 3.33. The molecule has 0 bridgehead atoms. The number of nitrogen functional groups attached to an aromatic ring is 1. The van der Waals surface area contributed by atoms with E-state index < -0.39 is 5.97 Å². The smallest absolute Gasteiger partial charge is 0.341 e. The lowest BCUT2D eigenvalue weighted by molar-refractivity contribution is 0.0521. The van der Waals surface area contributed by atoms with Crippen molar-refractivity contribution < 1.29 is 14.3 Å². The van der Waals surface area contributed by atoms with Crippen LogP contribution in [0.3, 0.4) is 0 Å². The van der Waals surface area contributed by atoms with Crippen molar-refractivity contribution >= 4 is 11.7 Å². The molecule has 0 amide bonds. The van der Waals surface area contributed by atoms with Gasteiger partial charge in [0.2, 0.25) is 0 Å². The molecule has 21 heavy (non-hydrogen) atoms. The van der Waals surface area contributed by atoms with Gasteiger partial charge in [-0.05, 0) is 37.6 Å². The van der Waals surface area contributed by atoms with Crippen LogP contribution in [0.5, 0.6) is 5.75 Å². The lowest BCUT2D eigenvalue weighted by atomic mass is 10.1. The maximum atomic E-state index is 11.9. The van der Waals surface area contributed by atoms with Gasteiger partial charge < -0.3 is 15.2 Å². The number of ether oxygens (including phenoxy) is 2. The molecule has 110 valence electrons. The van der Waals surface area contributed by atoms with E-state index in [1.54, 1.807) is 25.1 Å². The summed E-state index contributed by atoms with van der Waals surface area (Å²) in [5, 5.41) is 0. The third-order valence-corrected chi connectivity index (χ3v) is 3.01. The Bertz CT molecular complexity index is 620. The molecule has 0 aliphatic rings. The standard InChI is InChI=1S/C17H19NO3/c1-3-20-17(19)15-10-14(18)8-9-16(15)21-11-13-6-4-12(2)5-7-13/h4-10H,3,11,18H2,1-2H3. The fourth-order valence-electron chi connectivity index (χ4n) is 1.89. The Balaban J connectivity index is 2.15. The fourth-order valence-corrected chi connectivity index (χ4v) is 1.89. The van der Waals surface area contributed by atoms with Crippen molar-refractivity contribution in [2.24, 2.45) is 0 Å². The molecule has 4 heteroatoms. The van der Waals surface area contributed by atoms with Gasteiger partial charge in [0.25, 0.3) is 0 Å². The molecule has 2 aromatic rings. The molecular formula is C17H19NO3. The van der Waals surface area contributed by atoms with Gasteiger partial charge in [-0.15, -0.1) is 0 Å². The van der Waals surface area contributed by atoms with Gasteiger partial charge in [0.05, 0.1) is 6.61 Å². The van der Waals surface area contributed by atoms with Crippen molar-refractivity contribution in [2.45, 2.75) is 20.5 Å². The van der Waals surface area contributed by atoms with E-state index >= 15 is 0 Å². The van der Waals surface area contributed by atoms with Gasteiger partial charge in [-0.25, -0.2) is 4.79 Å². The Hall–Kier alpha value is -2.49. The Labute approximate surface area is 124 Å². The zero-order valence-electron chi connectivity index (χ0n) is 12.3. The van der Waals surface area contributed by atoms with E-state index in [1.807, 2.05) is 31.2 Å². The minimum Gasteiger partial charge on any atom is -0.488 e. The summed E-state index contributed by atoms with van der Waals surface area (Å²) in [6.45, 7) is 4.49. The molecular weight excluding hydrogens is 266 g/mol. The second kappa shape index (κ2) is 6.79. The average Bonchev–Trinajstić information content (AvgIpc) is 2.48. The number of esters is 1. The van der Waals surface area contributed by atoms with Crippen LogP contribution in [0.1, 0.15) is 28.4 Å². The number of hydrogen-bond donors (Lipinski definition) is 1. The van der Waals surface area contributed by atoms with E-state index in [2.05, 4.69) is 0 Å². The number of carbonyl (C=O) groups is 1. The van der Waals surface area contributed by atoms with Crippen LogP contribution in [-0.2, 0) is 11.3 Å². The highest BCUT2D eigenvalue weighted by atomic mass is 16.5. The van der Waals surface area contributed by atoms with E-state index in [4.69, 9.17) is 15.2 Å². The largest absolute Gasteiger partial charge is 0.488 e. The normalized spacial score (nSPS) is 10.2. The van der Waals surface area contributed by atoms with Gasteiger partial charge in [0, 0.05) is 5.69 Å². The third kappa shape index (κ3) is 3.99. The molecule has 2 N–H and O–H groups in total. The maximum Gasteiger partial charge on any atom is 0.341 e. The quantitative estimate of drug-likeness (QED) is 0.676. The highest BCUT2D eigenvalue weighted by Crippen LogP contribution is 2.23. The fraction of sp³-hybridized carbons (Fsp3) is 0.235. The predicted molar refractivity (Wildman–Crippen MR) is 82.3 cm³/mol. The van der Waals surface area contributed by atoms with Crippen molar-refractivity contribution in [3.8, 4) is 5.75 Å². The molecule has 0 heterocycles. The van der Waals surface area contributed by atoms with Crippen LogP contribution in [0.25, 0.3) is 0 Å². The summed E-state index contributed by atoms with van der Waals surface area (Å²) in [5.74, 6) is 0.0481. The van der Waals surface area contributed by atoms with E-state index in [1.165, 1.54) is 5.56 Å². The van der Waals surface area contributed by atoms with Gasteiger partial charge in [-0.3, -0.25) is 0 Å². The van der Waals surface area contributed by atoms with Crippen LogP contribution in [0, 0.1) is 6.92 Å². The van der Waals surface area contributed by atoms with Gasteiger partial charge in [-0.1, -0.05) is 29.8 Å². The molecule has 0 aromatic heterocycles. The minimum atomic E-state index is -0.427. The number of anilines is 1. The van der Waals surface area contributed by atoms with Crippen molar-refractivity contribution in [2.75, 3.05) is 12.3 Å². The van der Waals surface area contributed by atoms with Crippen LogP contribution in [0.2, 0.25) is 0 Å². The van der Waals surface area contributed by atoms with Crippen molar-refractivity contribution in [3.05, 3.63) is 59.2 Å². The minimum absolute atomic E-state index is 0.311. The lowest BCUT2D eigenvalue weighted by Gasteiger charge is -2.11. The summed E-state index contributed by atoms with van der Waals surface area (Å²) in [4.78, 5) is 11.9. The molecule has 0 unspecified atom stereocenters. The van der Waals surface area contributed by atoms with E-state index in [9.17, 15) is 4.79 Å². The molecule has 2 aromatic carbocycles. The molecule has 0 saturated carbocycles. The second-order valence-corrected chi connectivity index (χ2v) is 4.75. The maximum absolute atomic E-state index is 11.9. The number of aryl methyl sites for hydroxylation is 1. The third-order valence-electron chi connectivity index (χ3n) is 3.01. The zero-order chi connectivity index (χ0) is 15.2. The number of carbonyl (C=O) groups excluding carboxylic acids is 1. The van der Waals surface area contributed by atoms with Gasteiger partial charge in [0.1, 0.15) is 17.9 Å². The van der Waals surface area contributed by atoms with Crippen LogP contribution in [0.15, 0.2) is 42.5 Å². The molecule has 0 radical (unpaired) electrons. The van der Waals surface area contributed by atoms with Crippen LogP contribution < -0.4 is 10.5 Å². The van der Waals surface area contributed by atoms with Crippen molar-refractivity contribution in [1.29, 1.82) is 0 Å². The highest BCUT2D eigenvalue weighted by molar-refractivity contribution is 5.93. The van der Waals surface area contributed by atoms with Gasteiger partial charge >= 0.3 is 5.97 Å². The van der Waals surface area contributed by atoms with E-state index in [0.717, 1.165) is 5.56 Å². The first-order valence-electron chi connectivity index (χ1n) is 6.85. The first-order valence-corrected chi connectivity index (χ1v) is 6.85. The SMILES string of the molecule is CCOC(=O)c1cc(N)ccc1OCc1ccc(C)cc1. The van der Waals surface area contributed by atoms with Crippen LogP contribution in [-0.4, -0.2) is 12.6 Å². The van der Waals surface area contributed by atoms with Crippen LogP contribution in [0.4, 0.5) is 5.69 Å². The summed E-state index contributed by atoms with van der Waals surface area (Å²) >= 11 is 0. The zero-order valence-corrected chi connectivity index (χ0v) is 12.3. The number of hydrogen-bond acceptors (Lipinski definition) is 4. The Kier molecular flexibility index (Phi) is 4.82. The molecule has 0 fully saturated rings. The molecule has 0 saturated heterocycles. The molecule has 2 rings (SSSR count). The number of nitrogens with two attached hydrogens (primary N) is 1. The van der Waals surface area contributed by atoms with Crippen molar-refractivity contribution in [3.63, 3.8) is 0 Å². The summed E-state index contributed by atoms with van der Waals surface area (Å²) in [6, 6.07) is 13.0. The summed E-state index contributed by atoms with van der Waals surface area (Å²) in [7, 11) is 0. The van der Waals surface area contributed by atoms with E-state index in [0.29, 0.717) is 30.2 Å². The van der Waals surface area contributed by atoms with Crippen molar-refractivity contribution in [1.82, 2.24) is 0 Å². The van der Waals surface area contributed by atoms with E-state index in [-0.39, 0.29) is 0 Å². The monoisotopic (exact) mass is 285 g/mol. The topological polar surface area (TPSA) is 61.5 Å². The lowest BCUT2D eigenvalue weighted by Crippen LogP contribution is -2.08. The Morgan fingerprint density at radius 2 is 1.86 bits per heavy atom. The highest BCUT2D eigenvalue weighted by Gasteiger charge is 2.14. The number of rotatable bonds is 5. The summed E-state index contributed by atoms with van der Waals surface area (Å²) in [6.07, 6.45) is 0. The second-order valence-electron chi connectivity index (χ2n) is 4.75. The van der Waals surface area contributed by atoms with Crippen LogP contribution >= 0.6 is 0 Å². The summed E-state index contributed by atoms with van der Waals surface area (Å²) < 4.78 is 10.7. The molecule has 0 spiro atoms. The first kappa shape index (κ1) is 14.9. The Morgan fingerprint density at radius 1 is 1.14 bits per heavy atom. The molecule has 0 aliphatic carbocycles. The first-order chi connectivity index (χ1) is 10.1. The Morgan fingerprint density at radius 3 is 2.52 bits per heavy atom. The summed E-state index contributed by atoms with van der Waals surface area (Å²) in [5.41, 5.74) is 8.80.